The lowest BCUT2D eigenvalue weighted by molar-refractivity contribution is -0.150. The van der Waals surface area contributed by atoms with Crippen molar-refractivity contribution in [2.24, 2.45) is 0 Å². The van der Waals surface area contributed by atoms with Gasteiger partial charge in [-0.3, -0.25) is 14.6 Å². The molecule has 164 valence electrons. The number of halogens is 1. The van der Waals surface area contributed by atoms with E-state index in [0.717, 1.165) is 22.3 Å². The van der Waals surface area contributed by atoms with Crippen molar-refractivity contribution in [3.63, 3.8) is 0 Å². The summed E-state index contributed by atoms with van der Waals surface area (Å²) < 4.78 is 13.2. The Labute approximate surface area is 187 Å². The van der Waals surface area contributed by atoms with Crippen molar-refractivity contribution in [3.05, 3.63) is 90.0 Å². The number of likely N-dealkylation sites (N-methyl/N-ethyl adjacent to an activating group) is 1. The first-order valence-corrected chi connectivity index (χ1v) is 10.9. The van der Waals surface area contributed by atoms with E-state index in [4.69, 9.17) is 0 Å². The lowest BCUT2D eigenvalue weighted by Gasteiger charge is -2.40. The first kappa shape index (κ1) is 21.7. The van der Waals surface area contributed by atoms with Gasteiger partial charge in [0.2, 0.25) is 11.8 Å². The van der Waals surface area contributed by atoms with Gasteiger partial charge in [-0.15, -0.1) is 0 Å². The van der Waals surface area contributed by atoms with E-state index in [2.05, 4.69) is 4.98 Å². The van der Waals surface area contributed by atoms with E-state index >= 15 is 0 Å². The number of piperazine rings is 1. The molecule has 0 radical (unpaired) electrons. The van der Waals surface area contributed by atoms with Gasteiger partial charge in [0, 0.05) is 44.0 Å². The van der Waals surface area contributed by atoms with Gasteiger partial charge in [0.05, 0.1) is 6.42 Å². The van der Waals surface area contributed by atoms with E-state index in [-0.39, 0.29) is 24.1 Å². The van der Waals surface area contributed by atoms with Gasteiger partial charge in [0.1, 0.15) is 11.9 Å². The summed E-state index contributed by atoms with van der Waals surface area (Å²) in [5, 5.41) is 0. The molecule has 0 unspecified atom stereocenters. The van der Waals surface area contributed by atoms with Crippen LogP contribution < -0.4 is 0 Å². The summed E-state index contributed by atoms with van der Waals surface area (Å²) in [6.45, 7) is 3.57. The van der Waals surface area contributed by atoms with Crippen LogP contribution in [0.5, 0.6) is 0 Å². The quantitative estimate of drug-likeness (QED) is 0.598. The van der Waals surface area contributed by atoms with Crippen LogP contribution >= 0.6 is 0 Å². The molecule has 0 aliphatic carbocycles. The van der Waals surface area contributed by atoms with Crippen molar-refractivity contribution in [3.8, 4) is 11.1 Å². The molecular weight excluding hydrogens is 405 g/mol. The highest BCUT2D eigenvalue weighted by molar-refractivity contribution is 5.90. The van der Waals surface area contributed by atoms with Gasteiger partial charge in [0.25, 0.3) is 0 Å². The zero-order valence-corrected chi connectivity index (χ0v) is 18.1. The second-order valence-corrected chi connectivity index (χ2v) is 7.93. The molecule has 2 amide bonds. The number of hydrogen-bond donors (Lipinski definition) is 0. The molecule has 1 aliphatic heterocycles. The lowest BCUT2D eigenvalue weighted by Crippen LogP contribution is -2.59. The van der Waals surface area contributed by atoms with Crippen LogP contribution in [-0.4, -0.2) is 52.3 Å². The topological polar surface area (TPSA) is 53.5 Å². The number of nitrogens with zero attached hydrogens (tertiary/aromatic N) is 3. The number of rotatable bonds is 6. The van der Waals surface area contributed by atoms with Crippen molar-refractivity contribution in [2.45, 2.75) is 25.8 Å². The maximum Gasteiger partial charge on any atom is 0.245 e. The van der Waals surface area contributed by atoms with E-state index in [0.29, 0.717) is 26.1 Å². The normalized spacial score (nSPS) is 16.3. The van der Waals surface area contributed by atoms with E-state index in [1.807, 2.05) is 43.3 Å². The van der Waals surface area contributed by atoms with Gasteiger partial charge in [0.15, 0.2) is 0 Å². The second kappa shape index (κ2) is 9.73. The average Bonchev–Trinajstić information content (AvgIpc) is 2.82. The Balaban J connectivity index is 1.62. The predicted octanol–water partition coefficient (Wildman–Crippen LogP) is 3.73. The van der Waals surface area contributed by atoms with Crippen LogP contribution in [0.3, 0.4) is 0 Å². The third-order valence-electron chi connectivity index (χ3n) is 5.96. The Bertz CT molecular complexity index is 1090. The van der Waals surface area contributed by atoms with E-state index in [1.165, 1.54) is 12.1 Å². The first-order chi connectivity index (χ1) is 15.6. The van der Waals surface area contributed by atoms with E-state index in [9.17, 15) is 14.0 Å². The Morgan fingerprint density at radius 1 is 1.06 bits per heavy atom. The fourth-order valence-electron chi connectivity index (χ4n) is 4.24. The molecule has 2 aromatic carbocycles. The summed E-state index contributed by atoms with van der Waals surface area (Å²) in [7, 11) is 0. The summed E-state index contributed by atoms with van der Waals surface area (Å²) >= 11 is 0. The first-order valence-electron chi connectivity index (χ1n) is 10.9. The van der Waals surface area contributed by atoms with Crippen molar-refractivity contribution in [1.29, 1.82) is 0 Å². The monoisotopic (exact) mass is 431 g/mol. The number of benzene rings is 2. The molecule has 0 saturated carbocycles. The smallest absolute Gasteiger partial charge is 0.245 e. The lowest BCUT2D eigenvalue weighted by atomic mass is 9.93. The molecule has 0 spiro atoms. The summed E-state index contributed by atoms with van der Waals surface area (Å²) in [6, 6.07) is 17.2. The molecule has 2 heterocycles. The van der Waals surface area contributed by atoms with Crippen molar-refractivity contribution in [1.82, 2.24) is 14.8 Å². The van der Waals surface area contributed by atoms with Crippen molar-refractivity contribution < 1.29 is 14.0 Å². The van der Waals surface area contributed by atoms with Crippen LogP contribution in [0.15, 0.2) is 73.1 Å². The van der Waals surface area contributed by atoms with Crippen molar-refractivity contribution >= 4 is 11.8 Å². The molecule has 0 N–H and O–H groups in total. The number of hydrogen-bond acceptors (Lipinski definition) is 3. The summed E-state index contributed by atoms with van der Waals surface area (Å²) in [4.78, 5) is 34.2. The van der Waals surface area contributed by atoms with Crippen LogP contribution in [0.2, 0.25) is 0 Å². The molecular formula is C26H26FN3O2. The maximum absolute atomic E-state index is 13.3. The molecule has 6 heteroatoms. The Hall–Kier alpha value is -3.54. The van der Waals surface area contributed by atoms with Gasteiger partial charge >= 0.3 is 0 Å². The molecule has 1 aromatic heterocycles. The van der Waals surface area contributed by atoms with E-state index < -0.39 is 6.04 Å². The zero-order chi connectivity index (χ0) is 22.5. The highest BCUT2D eigenvalue weighted by Gasteiger charge is 2.37. The minimum Gasteiger partial charge on any atom is -0.339 e. The predicted molar refractivity (Wildman–Crippen MR) is 121 cm³/mol. The standard InChI is InChI=1S/C26H26FN3O2/c1-2-29-14-15-30(25(31)16-19-9-11-22(27)12-10-19)24(26(29)32)17-20-6-3-4-8-23(20)21-7-5-13-28-18-21/h3-13,18,24H,2,14-17H2,1H3/t24-/m0/s1. The van der Waals surface area contributed by atoms with Gasteiger partial charge in [-0.25, -0.2) is 4.39 Å². The molecule has 1 saturated heterocycles. The van der Waals surface area contributed by atoms with Crippen LogP contribution in [0.25, 0.3) is 11.1 Å². The number of aromatic nitrogens is 1. The molecule has 0 bridgehead atoms. The van der Waals surface area contributed by atoms with Gasteiger partial charge < -0.3 is 9.80 Å². The van der Waals surface area contributed by atoms with Crippen LogP contribution in [-0.2, 0) is 22.4 Å². The van der Waals surface area contributed by atoms with Crippen molar-refractivity contribution in [2.75, 3.05) is 19.6 Å². The number of carbonyl (C=O) groups excluding carboxylic acids is 2. The van der Waals surface area contributed by atoms with Crippen LogP contribution in [0.1, 0.15) is 18.1 Å². The molecule has 4 rings (SSSR count). The summed E-state index contributed by atoms with van der Waals surface area (Å²) in [5.74, 6) is -0.491. The number of amides is 2. The largest absolute Gasteiger partial charge is 0.339 e. The minimum absolute atomic E-state index is 0.0350. The fraction of sp³-hybridized carbons (Fsp3) is 0.269. The Morgan fingerprint density at radius 3 is 2.56 bits per heavy atom. The SMILES string of the molecule is CCN1CCN(C(=O)Cc2ccc(F)cc2)[C@@H](Cc2ccccc2-c2cccnc2)C1=O. The third kappa shape index (κ3) is 4.69. The number of carbonyl (C=O) groups is 2. The highest BCUT2D eigenvalue weighted by Crippen LogP contribution is 2.26. The van der Waals surface area contributed by atoms with Gasteiger partial charge in [-0.1, -0.05) is 42.5 Å². The van der Waals surface area contributed by atoms with E-state index in [1.54, 1.807) is 34.3 Å². The summed E-state index contributed by atoms with van der Waals surface area (Å²) in [5.41, 5.74) is 3.71. The van der Waals surface area contributed by atoms with Gasteiger partial charge in [-0.05, 0) is 41.8 Å². The molecule has 3 aromatic rings. The highest BCUT2D eigenvalue weighted by atomic mass is 19.1. The number of pyridine rings is 1. The molecule has 5 nitrogen and oxygen atoms in total. The van der Waals surface area contributed by atoms with Crippen LogP contribution in [0, 0.1) is 5.82 Å². The average molecular weight is 432 g/mol. The van der Waals surface area contributed by atoms with Gasteiger partial charge in [-0.2, -0.15) is 0 Å². The van der Waals surface area contributed by atoms with Crippen LogP contribution in [0.4, 0.5) is 4.39 Å². The fourth-order valence-corrected chi connectivity index (χ4v) is 4.24. The minimum atomic E-state index is -0.575. The third-order valence-corrected chi connectivity index (χ3v) is 5.96. The molecule has 1 atom stereocenters. The molecule has 1 aliphatic rings. The maximum atomic E-state index is 13.3. The Morgan fingerprint density at radius 2 is 1.84 bits per heavy atom. The second-order valence-electron chi connectivity index (χ2n) is 7.93. The Kier molecular flexibility index (Phi) is 6.59. The zero-order valence-electron chi connectivity index (χ0n) is 18.1. The summed E-state index contributed by atoms with van der Waals surface area (Å²) in [6.07, 6.45) is 4.10. The molecule has 32 heavy (non-hydrogen) atoms. The molecule has 1 fully saturated rings.